The van der Waals surface area contributed by atoms with Gasteiger partial charge in [0.1, 0.15) is 11.4 Å². The summed E-state index contributed by atoms with van der Waals surface area (Å²) in [7, 11) is 1.42. The van der Waals surface area contributed by atoms with Crippen LogP contribution in [0.2, 0.25) is 0 Å². The Kier molecular flexibility index (Phi) is 7.95. The Hall–Kier alpha value is -5.07. The van der Waals surface area contributed by atoms with Crippen molar-refractivity contribution in [3.63, 3.8) is 0 Å². The number of alkyl halides is 6. The van der Waals surface area contributed by atoms with Crippen LogP contribution in [0.1, 0.15) is 71.0 Å². The molecule has 0 saturated carbocycles. The van der Waals surface area contributed by atoms with Crippen molar-refractivity contribution in [2.45, 2.75) is 63.1 Å². The number of methoxy groups -OCH3 is 1. The zero-order chi connectivity index (χ0) is 35.7. The maximum Gasteiger partial charge on any atom is 0.433 e. The van der Waals surface area contributed by atoms with Gasteiger partial charge >= 0.3 is 24.4 Å². The molecule has 0 radical (unpaired) electrons. The third kappa shape index (κ3) is 5.54. The molecule has 2 amide bonds. The minimum absolute atomic E-state index is 0.0987. The number of carbonyl (C=O) groups excluding carboxylic acids is 1. The zero-order valence-electron chi connectivity index (χ0n) is 26.8. The molecule has 0 bridgehead atoms. The highest BCUT2D eigenvalue weighted by Crippen LogP contribution is 2.56. The van der Waals surface area contributed by atoms with Crippen LogP contribution in [0.4, 0.5) is 31.1 Å². The van der Waals surface area contributed by atoms with Crippen LogP contribution in [-0.2, 0) is 17.9 Å². The van der Waals surface area contributed by atoms with Crippen LogP contribution in [0.15, 0.2) is 72.9 Å². The number of benzene rings is 3. The molecule has 1 aromatic heterocycles. The summed E-state index contributed by atoms with van der Waals surface area (Å²) in [4.78, 5) is 30.2. The SMILES string of the molecule is COc1ccc(-c2ccc(C(=O)O)cc2C)cc1-c1ccc(C(F)(F)F)cc1[C@@H]1CC[C@]2(C)N1C(=O)N[C@]2(C)c1ccnc(C(F)(F)F)c1. The number of aromatic carboxylic acids is 1. The standard InChI is InChI=1S/C36H31F6N3O4/c1-19-15-21(31(46)47)5-8-24(19)20-6-10-29(49-4)27(16-20)25-9-7-23(35(37,38)39)17-26(25)28-11-13-33(2)34(3,44-32(48)45(28)33)22-12-14-43-30(18-22)36(40,41)42/h5-10,12,14-18,28H,11,13H2,1-4H3,(H,44,48)(H,46,47)/t28-,33-,34+/m0/s1. The number of aromatic nitrogens is 1. The van der Waals surface area contributed by atoms with Crippen LogP contribution in [0, 0.1) is 6.92 Å². The van der Waals surface area contributed by atoms with Gasteiger partial charge in [0, 0.05) is 11.8 Å². The lowest BCUT2D eigenvalue weighted by Crippen LogP contribution is -2.52. The number of amides is 2. The molecule has 2 aliphatic rings. The van der Waals surface area contributed by atoms with Crippen molar-refractivity contribution in [2.75, 3.05) is 7.11 Å². The summed E-state index contributed by atoms with van der Waals surface area (Å²) in [6.07, 6.45) is -7.93. The topological polar surface area (TPSA) is 91.8 Å². The molecule has 2 saturated heterocycles. The smallest absolute Gasteiger partial charge is 0.433 e. The Morgan fingerprint density at radius 1 is 0.939 bits per heavy atom. The lowest BCUT2D eigenvalue weighted by atomic mass is 9.74. The lowest BCUT2D eigenvalue weighted by molar-refractivity contribution is -0.141. The molecule has 3 atom stereocenters. The third-order valence-corrected chi connectivity index (χ3v) is 10.0. The summed E-state index contributed by atoms with van der Waals surface area (Å²) in [6, 6.07) is 13.9. The van der Waals surface area contributed by atoms with Crippen LogP contribution in [-0.4, -0.2) is 39.6 Å². The van der Waals surface area contributed by atoms with Crippen LogP contribution in [0.25, 0.3) is 22.3 Å². The molecule has 2 fully saturated rings. The van der Waals surface area contributed by atoms with Crippen molar-refractivity contribution < 1.29 is 45.8 Å². The van der Waals surface area contributed by atoms with Crippen molar-refractivity contribution in [1.82, 2.24) is 15.2 Å². The fraction of sp³-hybridized carbons (Fsp3) is 0.306. The Morgan fingerprint density at radius 2 is 1.65 bits per heavy atom. The van der Waals surface area contributed by atoms with E-state index in [1.165, 1.54) is 36.3 Å². The Labute approximate surface area is 277 Å². The van der Waals surface area contributed by atoms with E-state index >= 15 is 0 Å². The number of hydrogen-bond donors (Lipinski definition) is 2. The van der Waals surface area contributed by atoms with Gasteiger partial charge in [-0.15, -0.1) is 0 Å². The number of halogens is 6. The number of ether oxygens (including phenoxy) is 1. The molecule has 2 aliphatic heterocycles. The van der Waals surface area contributed by atoms with E-state index in [4.69, 9.17) is 4.74 Å². The second-order valence-corrected chi connectivity index (χ2v) is 12.7. The minimum atomic E-state index is -4.73. The maximum absolute atomic E-state index is 14.2. The number of carboxylic acid groups (broad SMARTS) is 1. The maximum atomic E-state index is 14.2. The molecule has 13 heteroatoms. The minimum Gasteiger partial charge on any atom is -0.496 e. The summed E-state index contributed by atoms with van der Waals surface area (Å²) < 4.78 is 89.1. The average Bonchev–Trinajstić information content (AvgIpc) is 3.51. The van der Waals surface area contributed by atoms with Gasteiger partial charge < -0.3 is 20.1 Å². The molecule has 3 heterocycles. The van der Waals surface area contributed by atoms with E-state index in [2.05, 4.69) is 10.3 Å². The van der Waals surface area contributed by atoms with Crippen molar-refractivity contribution >= 4 is 12.0 Å². The van der Waals surface area contributed by atoms with Gasteiger partial charge in [0.05, 0.1) is 35.4 Å². The fourth-order valence-electron chi connectivity index (χ4n) is 7.32. The van der Waals surface area contributed by atoms with Gasteiger partial charge in [0.15, 0.2) is 0 Å². The van der Waals surface area contributed by atoms with E-state index in [-0.39, 0.29) is 29.5 Å². The first kappa shape index (κ1) is 33.8. The van der Waals surface area contributed by atoms with E-state index in [1.54, 1.807) is 45.0 Å². The van der Waals surface area contributed by atoms with Gasteiger partial charge in [-0.2, -0.15) is 26.3 Å². The summed E-state index contributed by atoms with van der Waals surface area (Å²) in [5, 5.41) is 12.3. The molecule has 7 nitrogen and oxygen atoms in total. The fourth-order valence-corrected chi connectivity index (χ4v) is 7.32. The number of rotatable bonds is 6. The van der Waals surface area contributed by atoms with Crippen molar-refractivity contribution in [2.24, 2.45) is 0 Å². The third-order valence-electron chi connectivity index (χ3n) is 10.0. The number of carboxylic acids is 1. The van der Waals surface area contributed by atoms with Crippen LogP contribution in [0.3, 0.4) is 0 Å². The van der Waals surface area contributed by atoms with Crippen LogP contribution < -0.4 is 10.1 Å². The molecule has 3 aromatic carbocycles. The number of aryl methyl sites for hydroxylation is 1. The molecule has 49 heavy (non-hydrogen) atoms. The van der Waals surface area contributed by atoms with Crippen molar-refractivity contribution in [3.05, 3.63) is 106 Å². The van der Waals surface area contributed by atoms with E-state index < -0.39 is 52.7 Å². The van der Waals surface area contributed by atoms with Crippen LogP contribution >= 0.6 is 0 Å². The quantitative estimate of drug-likeness (QED) is 0.198. The number of fused-ring (bicyclic) bond motifs is 1. The van der Waals surface area contributed by atoms with Crippen molar-refractivity contribution in [1.29, 1.82) is 0 Å². The predicted molar refractivity (Wildman–Crippen MR) is 168 cm³/mol. The monoisotopic (exact) mass is 683 g/mol. The molecule has 6 rings (SSSR count). The van der Waals surface area contributed by atoms with Crippen molar-refractivity contribution in [3.8, 4) is 28.0 Å². The summed E-state index contributed by atoms with van der Waals surface area (Å²) >= 11 is 0. The second kappa shape index (κ2) is 11.5. The first-order valence-electron chi connectivity index (χ1n) is 15.3. The molecular weight excluding hydrogens is 652 g/mol. The molecule has 0 unspecified atom stereocenters. The van der Waals surface area contributed by atoms with Crippen LogP contribution in [0.5, 0.6) is 5.75 Å². The largest absolute Gasteiger partial charge is 0.496 e. The van der Waals surface area contributed by atoms with E-state index in [0.717, 1.165) is 24.4 Å². The van der Waals surface area contributed by atoms with E-state index in [1.807, 2.05) is 0 Å². The van der Waals surface area contributed by atoms with Gasteiger partial charge in [0.25, 0.3) is 0 Å². The average molecular weight is 684 g/mol. The lowest BCUT2D eigenvalue weighted by Gasteiger charge is -2.41. The summed E-state index contributed by atoms with van der Waals surface area (Å²) in [6.45, 7) is 5.08. The highest BCUT2D eigenvalue weighted by molar-refractivity contribution is 5.89. The van der Waals surface area contributed by atoms with Gasteiger partial charge in [0.2, 0.25) is 0 Å². The molecule has 0 aliphatic carbocycles. The number of hydrogen-bond acceptors (Lipinski definition) is 4. The highest BCUT2D eigenvalue weighted by Gasteiger charge is 2.63. The van der Waals surface area contributed by atoms with Gasteiger partial charge in [-0.05, 0) is 116 Å². The van der Waals surface area contributed by atoms with E-state index in [9.17, 15) is 41.0 Å². The summed E-state index contributed by atoms with van der Waals surface area (Å²) in [5.41, 5.74) is -1.28. The normalized spacial score (nSPS) is 22.2. The first-order chi connectivity index (χ1) is 22.9. The molecule has 2 N–H and O–H groups in total. The molecule has 4 aromatic rings. The Morgan fingerprint density at radius 3 is 2.29 bits per heavy atom. The zero-order valence-corrected chi connectivity index (χ0v) is 26.8. The summed E-state index contributed by atoms with van der Waals surface area (Å²) in [5.74, 6) is -0.743. The number of nitrogens with one attached hydrogen (secondary N) is 1. The van der Waals surface area contributed by atoms with Gasteiger partial charge in [-0.3, -0.25) is 4.98 Å². The second-order valence-electron chi connectivity index (χ2n) is 12.7. The molecule has 256 valence electrons. The van der Waals surface area contributed by atoms with E-state index in [0.29, 0.717) is 33.6 Å². The number of carbonyl (C=O) groups is 2. The highest BCUT2D eigenvalue weighted by atomic mass is 19.4. The number of nitrogens with zero attached hydrogens (tertiary/aromatic N) is 2. The first-order valence-corrected chi connectivity index (χ1v) is 15.3. The predicted octanol–water partition coefficient (Wildman–Crippen LogP) is 9.00. The number of pyridine rings is 1. The Bertz CT molecular complexity index is 1990. The number of urea groups is 1. The van der Waals surface area contributed by atoms with Gasteiger partial charge in [-0.1, -0.05) is 18.2 Å². The molecule has 0 spiro atoms. The Balaban J connectivity index is 1.50. The molecular formula is C36H31F6N3O4. The van der Waals surface area contributed by atoms with Gasteiger partial charge in [-0.25, -0.2) is 9.59 Å².